The zero-order valence-corrected chi connectivity index (χ0v) is 13.3. The monoisotopic (exact) mass is 264 g/mol. The molecule has 0 spiro atoms. The van der Waals surface area contributed by atoms with Crippen LogP contribution in [0.5, 0.6) is 0 Å². The normalized spacial score (nSPS) is 6.68. The third-order valence-corrected chi connectivity index (χ3v) is 1.18. The average Bonchev–Trinajstić information content (AvgIpc) is 2.56. The highest BCUT2D eigenvalue weighted by atomic mass is 15.1. The lowest BCUT2D eigenvalue weighted by Crippen LogP contribution is -1.79. The van der Waals surface area contributed by atoms with Gasteiger partial charge in [0.1, 0.15) is 0 Å². The first-order valence-electron chi connectivity index (χ1n) is 6.84. The fourth-order valence-electron chi connectivity index (χ4n) is 0.632. The van der Waals surface area contributed by atoms with Crippen LogP contribution in [0.4, 0.5) is 0 Å². The summed E-state index contributed by atoms with van der Waals surface area (Å²) in [4.78, 5) is 7.44. The topological polar surface area (TPSA) is 51.6 Å². The third kappa shape index (κ3) is 21.9. The number of rotatable bonds is 0. The molecule has 4 nitrogen and oxygen atoms in total. The van der Waals surface area contributed by atoms with E-state index in [-0.39, 0.29) is 0 Å². The van der Waals surface area contributed by atoms with E-state index >= 15 is 0 Å². The molecule has 4 heteroatoms. The summed E-state index contributed by atoms with van der Waals surface area (Å²) in [6, 6.07) is 3.77. The van der Waals surface area contributed by atoms with Crippen LogP contribution in [-0.2, 0) is 0 Å². The SMILES string of the molecule is CC.CC.CC.Cc1cccnn1.c1cnccn1. The first-order chi connectivity index (χ1) is 9.39. The van der Waals surface area contributed by atoms with Crippen LogP contribution in [0.25, 0.3) is 0 Å². The summed E-state index contributed by atoms with van der Waals surface area (Å²) < 4.78 is 0. The molecule has 0 aliphatic heterocycles. The van der Waals surface area contributed by atoms with Crippen molar-refractivity contribution in [1.29, 1.82) is 0 Å². The Kier molecular flexibility index (Phi) is 29.5. The summed E-state index contributed by atoms with van der Waals surface area (Å²) in [5, 5.41) is 7.36. The number of aromatic nitrogens is 4. The fourth-order valence-corrected chi connectivity index (χ4v) is 0.632. The minimum atomic E-state index is 0.961. The van der Waals surface area contributed by atoms with Gasteiger partial charge in [-0.2, -0.15) is 10.2 Å². The largest absolute Gasteiger partial charge is 0.262 e. The predicted molar refractivity (Wildman–Crippen MR) is 82.8 cm³/mol. The molecule has 0 saturated carbocycles. The molecular formula is C15H28N4. The Morgan fingerprint density at radius 3 is 1.26 bits per heavy atom. The molecule has 2 heterocycles. The Hall–Kier alpha value is -1.84. The summed E-state index contributed by atoms with van der Waals surface area (Å²) in [6.07, 6.45) is 8.22. The van der Waals surface area contributed by atoms with Crippen LogP contribution in [0.1, 0.15) is 47.2 Å². The highest BCUT2D eigenvalue weighted by Gasteiger charge is 1.74. The molecule has 19 heavy (non-hydrogen) atoms. The van der Waals surface area contributed by atoms with Gasteiger partial charge < -0.3 is 0 Å². The van der Waals surface area contributed by atoms with Gasteiger partial charge in [0.25, 0.3) is 0 Å². The van der Waals surface area contributed by atoms with Gasteiger partial charge in [-0.05, 0) is 19.1 Å². The van der Waals surface area contributed by atoms with E-state index in [1.54, 1.807) is 31.0 Å². The fraction of sp³-hybridized carbons (Fsp3) is 0.467. The molecule has 2 aromatic rings. The number of aryl methyl sites for hydroxylation is 1. The molecule has 0 N–H and O–H groups in total. The summed E-state index contributed by atoms with van der Waals surface area (Å²) in [6.45, 7) is 13.9. The van der Waals surface area contributed by atoms with Crippen LogP contribution in [0, 0.1) is 6.92 Å². The number of nitrogens with zero attached hydrogens (tertiary/aromatic N) is 4. The van der Waals surface area contributed by atoms with Crippen LogP contribution in [0.2, 0.25) is 0 Å². The average molecular weight is 264 g/mol. The smallest absolute Gasteiger partial charge is 0.0600 e. The van der Waals surface area contributed by atoms with Gasteiger partial charge in [-0.3, -0.25) is 9.97 Å². The molecule has 0 bridgehead atoms. The summed E-state index contributed by atoms with van der Waals surface area (Å²) in [5.41, 5.74) is 0.961. The quantitative estimate of drug-likeness (QED) is 0.710. The van der Waals surface area contributed by atoms with Crippen LogP contribution in [0.15, 0.2) is 43.1 Å². The zero-order chi connectivity index (χ0) is 15.4. The van der Waals surface area contributed by atoms with Crippen LogP contribution < -0.4 is 0 Å². The van der Waals surface area contributed by atoms with Crippen molar-refractivity contribution in [2.75, 3.05) is 0 Å². The molecule has 0 aromatic carbocycles. The highest BCUT2D eigenvalue weighted by molar-refractivity contribution is 4.94. The van der Waals surface area contributed by atoms with E-state index in [0.29, 0.717) is 0 Å². The van der Waals surface area contributed by atoms with Crippen molar-refractivity contribution in [3.8, 4) is 0 Å². The van der Waals surface area contributed by atoms with Gasteiger partial charge in [0.15, 0.2) is 0 Å². The molecule has 2 rings (SSSR count). The van der Waals surface area contributed by atoms with Gasteiger partial charge in [0, 0.05) is 31.0 Å². The second kappa shape index (κ2) is 25.1. The van der Waals surface area contributed by atoms with E-state index in [2.05, 4.69) is 20.2 Å². The van der Waals surface area contributed by atoms with Crippen molar-refractivity contribution >= 4 is 0 Å². The molecule has 0 saturated heterocycles. The molecule has 0 aliphatic rings. The molecule has 0 aliphatic carbocycles. The van der Waals surface area contributed by atoms with Gasteiger partial charge in [-0.25, -0.2) is 0 Å². The lowest BCUT2D eigenvalue weighted by Gasteiger charge is -1.80. The van der Waals surface area contributed by atoms with Crippen LogP contribution >= 0.6 is 0 Å². The maximum atomic E-state index is 3.73. The summed E-state index contributed by atoms with van der Waals surface area (Å²) in [7, 11) is 0. The van der Waals surface area contributed by atoms with Crippen LogP contribution in [-0.4, -0.2) is 20.2 Å². The zero-order valence-electron chi connectivity index (χ0n) is 13.3. The van der Waals surface area contributed by atoms with Crippen molar-refractivity contribution in [3.63, 3.8) is 0 Å². The van der Waals surface area contributed by atoms with Crippen molar-refractivity contribution in [2.24, 2.45) is 0 Å². The first-order valence-corrected chi connectivity index (χ1v) is 6.84. The van der Waals surface area contributed by atoms with Crippen molar-refractivity contribution in [2.45, 2.75) is 48.5 Å². The first kappa shape index (κ1) is 22.3. The summed E-state index contributed by atoms with van der Waals surface area (Å²) in [5.74, 6) is 0. The standard InChI is InChI=1S/C5H6N2.C4H4N2.3C2H6/c1-5-3-2-4-6-7-5;1-2-6-4-3-5-1;3*1-2/h2-4H,1H3;1-4H;3*1-2H3. The highest BCUT2D eigenvalue weighted by Crippen LogP contribution is 1.82. The summed E-state index contributed by atoms with van der Waals surface area (Å²) >= 11 is 0. The van der Waals surface area contributed by atoms with Crippen molar-refractivity contribution in [3.05, 3.63) is 48.8 Å². The Labute approximate surface area is 118 Å². The molecular weight excluding hydrogens is 236 g/mol. The maximum absolute atomic E-state index is 3.73. The lowest BCUT2D eigenvalue weighted by atomic mass is 10.4. The van der Waals surface area contributed by atoms with Crippen molar-refractivity contribution in [1.82, 2.24) is 20.2 Å². The third-order valence-electron chi connectivity index (χ3n) is 1.18. The number of hydrogen-bond acceptors (Lipinski definition) is 4. The minimum absolute atomic E-state index is 0.961. The lowest BCUT2D eigenvalue weighted by molar-refractivity contribution is 0.980. The van der Waals surface area contributed by atoms with E-state index < -0.39 is 0 Å². The Balaban J connectivity index is -0.000000195. The second-order valence-corrected chi connectivity index (χ2v) is 2.26. The van der Waals surface area contributed by atoms with Crippen LogP contribution in [0.3, 0.4) is 0 Å². The van der Waals surface area contributed by atoms with Gasteiger partial charge in [-0.15, -0.1) is 0 Å². The Bertz CT molecular complexity index is 285. The van der Waals surface area contributed by atoms with E-state index in [1.165, 1.54) is 0 Å². The van der Waals surface area contributed by atoms with E-state index in [9.17, 15) is 0 Å². The molecule has 108 valence electrons. The molecule has 0 unspecified atom stereocenters. The molecule has 0 amide bonds. The molecule has 2 aromatic heterocycles. The molecule has 0 atom stereocenters. The van der Waals surface area contributed by atoms with Gasteiger partial charge in [-0.1, -0.05) is 41.5 Å². The van der Waals surface area contributed by atoms with E-state index in [1.807, 2.05) is 60.6 Å². The Morgan fingerprint density at radius 2 is 1.11 bits per heavy atom. The second-order valence-electron chi connectivity index (χ2n) is 2.26. The van der Waals surface area contributed by atoms with Crippen molar-refractivity contribution < 1.29 is 0 Å². The van der Waals surface area contributed by atoms with Gasteiger partial charge in [0.05, 0.1) is 5.69 Å². The van der Waals surface area contributed by atoms with E-state index in [0.717, 1.165) is 5.69 Å². The minimum Gasteiger partial charge on any atom is -0.262 e. The van der Waals surface area contributed by atoms with E-state index in [4.69, 9.17) is 0 Å². The van der Waals surface area contributed by atoms with Gasteiger partial charge >= 0.3 is 0 Å². The van der Waals surface area contributed by atoms with Gasteiger partial charge in [0.2, 0.25) is 0 Å². The Morgan fingerprint density at radius 1 is 0.684 bits per heavy atom. The molecule has 0 radical (unpaired) electrons. The molecule has 0 fully saturated rings. The predicted octanol–water partition coefficient (Wildman–Crippen LogP) is 4.34. The number of hydrogen-bond donors (Lipinski definition) is 0. The maximum Gasteiger partial charge on any atom is 0.0600 e.